The molecule has 0 aromatic carbocycles. The fourth-order valence-corrected chi connectivity index (χ4v) is 2.89. The molecule has 0 aliphatic rings. The molecule has 0 fully saturated rings. The van der Waals surface area contributed by atoms with Gasteiger partial charge in [0.05, 0.1) is 34.9 Å². The minimum Gasteiger partial charge on any atom is -0.267 e. The summed E-state index contributed by atoms with van der Waals surface area (Å²) < 4.78 is 0. The molecule has 0 aliphatic carbocycles. The topological polar surface area (TPSA) is 134 Å². The Morgan fingerprint density at radius 1 is 0.588 bits per heavy atom. The van der Waals surface area contributed by atoms with E-state index in [9.17, 15) is 9.59 Å². The van der Waals surface area contributed by atoms with E-state index in [1.54, 1.807) is 60.9 Å². The lowest BCUT2D eigenvalue weighted by Crippen LogP contribution is -2.21. The highest BCUT2D eigenvalue weighted by atomic mass is 16.2. The third kappa shape index (κ3) is 5.56. The zero-order valence-corrected chi connectivity index (χ0v) is 17.7. The highest BCUT2D eigenvalue weighted by Crippen LogP contribution is 2.23. The van der Waals surface area contributed by atoms with Gasteiger partial charge in [-0.1, -0.05) is 12.1 Å². The molecule has 4 aromatic heterocycles. The summed E-state index contributed by atoms with van der Waals surface area (Å²) >= 11 is 0. The minimum absolute atomic E-state index is 0.199. The van der Waals surface area contributed by atoms with E-state index in [2.05, 4.69) is 41.0 Å². The van der Waals surface area contributed by atoms with Gasteiger partial charge in [0.25, 0.3) is 11.8 Å². The Hall–Kier alpha value is -5.12. The summed E-state index contributed by atoms with van der Waals surface area (Å²) in [6.07, 6.45) is 9.12. The molecule has 0 unspecified atom stereocenters. The maximum atomic E-state index is 12.8. The number of aromatic nitrogens is 4. The first-order valence-electron chi connectivity index (χ1n) is 10.1. The molecule has 0 bridgehead atoms. The zero-order chi connectivity index (χ0) is 23.6. The van der Waals surface area contributed by atoms with Crippen LogP contribution in [0.25, 0.3) is 11.4 Å². The Morgan fingerprint density at radius 2 is 1.03 bits per heavy atom. The SMILES string of the molecule is O=C(N/N=C/c1ccccn1)c1cccnc1-c1ncccc1C(=O)N/N=C/c1ccccn1. The van der Waals surface area contributed by atoms with E-state index >= 15 is 0 Å². The van der Waals surface area contributed by atoms with Crippen LogP contribution in [0.1, 0.15) is 32.1 Å². The third-order valence-corrected chi connectivity index (χ3v) is 4.43. The van der Waals surface area contributed by atoms with Crippen LogP contribution in [0.4, 0.5) is 0 Å². The summed E-state index contributed by atoms with van der Waals surface area (Å²) in [5.74, 6) is -1.03. The number of nitrogens with zero attached hydrogens (tertiary/aromatic N) is 6. The maximum Gasteiger partial charge on any atom is 0.273 e. The maximum absolute atomic E-state index is 12.8. The normalized spacial score (nSPS) is 10.9. The van der Waals surface area contributed by atoms with Crippen LogP contribution < -0.4 is 10.9 Å². The van der Waals surface area contributed by atoms with Crippen molar-refractivity contribution in [2.45, 2.75) is 0 Å². The van der Waals surface area contributed by atoms with Gasteiger partial charge in [-0.25, -0.2) is 10.9 Å². The molecular formula is C24H18N8O2. The van der Waals surface area contributed by atoms with Crippen LogP contribution in [0.2, 0.25) is 0 Å². The third-order valence-electron chi connectivity index (χ3n) is 4.43. The molecule has 34 heavy (non-hydrogen) atoms. The Bertz CT molecular complexity index is 1240. The second-order valence-corrected chi connectivity index (χ2v) is 6.71. The highest BCUT2D eigenvalue weighted by molar-refractivity contribution is 6.04. The summed E-state index contributed by atoms with van der Waals surface area (Å²) in [7, 11) is 0. The molecular weight excluding hydrogens is 432 g/mol. The van der Waals surface area contributed by atoms with Gasteiger partial charge in [0.2, 0.25) is 0 Å². The van der Waals surface area contributed by atoms with Gasteiger partial charge >= 0.3 is 0 Å². The molecule has 166 valence electrons. The van der Waals surface area contributed by atoms with Gasteiger partial charge in [0.15, 0.2) is 0 Å². The fraction of sp³-hybridized carbons (Fsp3) is 0. The van der Waals surface area contributed by atoms with Gasteiger partial charge in [-0.2, -0.15) is 10.2 Å². The first-order valence-corrected chi connectivity index (χ1v) is 10.1. The molecule has 0 radical (unpaired) electrons. The fourth-order valence-electron chi connectivity index (χ4n) is 2.89. The number of pyridine rings is 4. The van der Waals surface area contributed by atoms with Crippen LogP contribution in [0.15, 0.2) is 95.7 Å². The Balaban J connectivity index is 1.55. The van der Waals surface area contributed by atoms with E-state index in [1.807, 2.05) is 12.1 Å². The summed E-state index contributed by atoms with van der Waals surface area (Å²) in [6, 6.07) is 17.0. The molecule has 0 saturated carbocycles. The summed E-state index contributed by atoms with van der Waals surface area (Å²) in [6.45, 7) is 0. The highest BCUT2D eigenvalue weighted by Gasteiger charge is 2.20. The van der Waals surface area contributed by atoms with E-state index in [0.29, 0.717) is 11.4 Å². The number of rotatable bonds is 7. The smallest absolute Gasteiger partial charge is 0.267 e. The van der Waals surface area contributed by atoms with Crippen LogP contribution in [0.5, 0.6) is 0 Å². The lowest BCUT2D eigenvalue weighted by Gasteiger charge is -2.10. The molecule has 0 atom stereocenters. The van der Waals surface area contributed by atoms with Crippen molar-refractivity contribution in [1.29, 1.82) is 0 Å². The van der Waals surface area contributed by atoms with Crippen molar-refractivity contribution in [2.75, 3.05) is 0 Å². The zero-order valence-electron chi connectivity index (χ0n) is 17.7. The Labute approximate surface area is 194 Å². The van der Waals surface area contributed by atoms with Gasteiger partial charge in [-0.3, -0.25) is 29.5 Å². The van der Waals surface area contributed by atoms with Crippen molar-refractivity contribution < 1.29 is 9.59 Å². The largest absolute Gasteiger partial charge is 0.273 e. The Morgan fingerprint density at radius 3 is 1.44 bits per heavy atom. The van der Waals surface area contributed by atoms with E-state index in [0.717, 1.165) is 0 Å². The van der Waals surface area contributed by atoms with Gasteiger partial charge in [-0.05, 0) is 48.5 Å². The second kappa shape index (κ2) is 11.0. The average Bonchev–Trinajstić information content (AvgIpc) is 2.90. The van der Waals surface area contributed by atoms with Gasteiger partial charge in [0, 0.05) is 24.8 Å². The van der Waals surface area contributed by atoms with Crippen molar-refractivity contribution >= 4 is 24.2 Å². The van der Waals surface area contributed by atoms with Crippen molar-refractivity contribution in [3.05, 3.63) is 108 Å². The summed E-state index contributed by atoms with van der Waals surface area (Å²) in [5.41, 5.74) is 6.93. The predicted molar refractivity (Wildman–Crippen MR) is 126 cm³/mol. The van der Waals surface area contributed by atoms with Crippen molar-refractivity contribution in [2.24, 2.45) is 10.2 Å². The van der Waals surface area contributed by atoms with E-state index in [1.165, 1.54) is 24.8 Å². The quantitative estimate of drug-likeness (QED) is 0.328. The lowest BCUT2D eigenvalue weighted by atomic mass is 10.1. The molecule has 2 N–H and O–H groups in total. The van der Waals surface area contributed by atoms with Crippen LogP contribution in [0, 0.1) is 0 Å². The van der Waals surface area contributed by atoms with Crippen molar-refractivity contribution in [3.63, 3.8) is 0 Å². The van der Waals surface area contributed by atoms with E-state index < -0.39 is 11.8 Å². The molecule has 4 rings (SSSR count). The van der Waals surface area contributed by atoms with Crippen molar-refractivity contribution in [1.82, 2.24) is 30.8 Å². The molecule has 4 heterocycles. The Kier molecular flexibility index (Phi) is 7.12. The molecule has 10 nitrogen and oxygen atoms in total. The number of amides is 2. The van der Waals surface area contributed by atoms with E-state index in [4.69, 9.17) is 0 Å². The predicted octanol–water partition coefficient (Wildman–Crippen LogP) is 2.46. The number of hydrazone groups is 2. The molecule has 0 aliphatic heterocycles. The first kappa shape index (κ1) is 22.1. The van der Waals surface area contributed by atoms with E-state index in [-0.39, 0.29) is 22.5 Å². The second-order valence-electron chi connectivity index (χ2n) is 6.71. The van der Waals surface area contributed by atoms with Crippen LogP contribution in [0.3, 0.4) is 0 Å². The van der Waals surface area contributed by atoms with Gasteiger partial charge < -0.3 is 0 Å². The molecule has 10 heteroatoms. The molecule has 2 amide bonds. The van der Waals surface area contributed by atoms with Gasteiger partial charge in [-0.15, -0.1) is 0 Å². The molecule has 4 aromatic rings. The first-order chi connectivity index (χ1) is 16.7. The average molecular weight is 450 g/mol. The molecule has 0 saturated heterocycles. The number of hydrogen-bond acceptors (Lipinski definition) is 8. The molecule has 0 spiro atoms. The van der Waals surface area contributed by atoms with Crippen LogP contribution in [-0.2, 0) is 0 Å². The number of nitrogens with one attached hydrogen (secondary N) is 2. The van der Waals surface area contributed by atoms with Crippen LogP contribution >= 0.6 is 0 Å². The summed E-state index contributed by atoms with van der Waals surface area (Å²) in [4.78, 5) is 42.4. The van der Waals surface area contributed by atoms with Crippen LogP contribution in [-0.4, -0.2) is 44.2 Å². The minimum atomic E-state index is -0.513. The number of hydrogen-bond donors (Lipinski definition) is 2. The standard InChI is InChI=1S/C24H18N8O2/c33-23(31-29-15-17-7-1-3-11-25-17)19-9-5-13-27-21(19)22-20(10-6-14-28-22)24(34)32-30-16-18-8-2-4-12-26-18/h1-16H,(H,31,33)(H,32,34)/b29-15+,30-16+. The van der Waals surface area contributed by atoms with Crippen molar-refractivity contribution in [3.8, 4) is 11.4 Å². The number of carbonyl (C=O) groups is 2. The monoisotopic (exact) mass is 450 g/mol. The number of carbonyl (C=O) groups excluding carboxylic acids is 2. The van der Waals surface area contributed by atoms with Gasteiger partial charge in [0.1, 0.15) is 11.4 Å². The lowest BCUT2D eigenvalue weighted by molar-refractivity contribution is 0.0945. The summed E-state index contributed by atoms with van der Waals surface area (Å²) in [5, 5.41) is 7.88.